The van der Waals surface area contributed by atoms with Crippen LogP contribution < -0.4 is 5.32 Å². The summed E-state index contributed by atoms with van der Waals surface area (Å²) in [6.07, 6.45) is 0. The van der Waals surface area contributed by atoms with Gasteiger partial charge in [0.15, 0.2) is 16.8 Å². The van der Waals surface area contributed by atoms with Crippen LogP contribution >= 0.6 is 27.7 Å². The molecule has 0 aliphatic rings. The van der Waals surface area contributed by atoms with Crippen LogP contribution in [0.5, 0.6) is 0 Å². The summed E-state index contributed by atoms with van der Waals surface area (Å²) in [7, 11) is 1.82. The van der Waals surface area contributed by atoms with E-state index in [0.29, 0.717) is 17.0 Å². The van der Waals surface area contributed by atoms with Crippen molar-refractivity contribution in [3.63, 3.8) is 0 Å². The van der Waals surface area contributed by atoms with E-state index < -0.39 is 17.5 Å². The number of hydrogen-bond acceptors (Lipinski definition) is 4. The molecule has 1 amide bonds. The molecule has 0 aliphatic carbocycles. The summed E-state index contributed by atoms with van der Waals surface area (Å²) in [5.74, 6) is -1.31. The van der Waals surface area contributed by atoms with E-state index in [4.69, 9.17) is 0 Å². The van der Waals surface area contributed by atoms with Crippen LogP contribution in [0.3, 0.4) is 0 Å². The van der Waals surface area contributed by atoms with Crippen LogP contribution in [0.15, 0.2) is 46.0 Å². The maximum atomic E-state index is 13.8. The largest absolute Gasteiger partial charge is 0.322 e. The van der Waals surface area contributed by atoms with Crippen molar-refractivity contribution in [1.29, 1.82) is 0 Å². The summed E-state index contributed by atoms with van der Waals surface area (Å²) < 4.78 is 28.9. The van der Waals surface area contributed by atoms with Gasteiger partial charge in [-0.25, -0.2) is 8.78 Å². The molecule has 1 heterocycles. The first-order chi connectivity index (χ1) is 12.9. The van der Waals surface area contributed by atoms with Gasteiger partial charge in [-0.3, -0.25) is 4.79 Å². The Morgan fingerprint density at radius 2 is 2.00 bits per heavy atom. The molecule has 0 unspecified atom stereocenters. The molecule has 0 fully saturated rings. The van der Waals surface area contributed by atoms with Crippen LogP contribution in [0.4, 0.5) is 14.5 Å². The molecule has 140 valence electrons. The minimum atomic E-state index is -0.847. The van der Waals surface area contributed by atoms with Crippen LogP contribution in [0, 0.1) is 18.6 Å². The molecule has 0 atom stereocenters. The standard InChI is InChI=1S/C18H15BrF2N4OS/c1-10-5-3-4-6-12(10)17-23-24-18(25(17)2)27-9-15(26)22-16-13(19)7-11(20)8-14(16)21/h3-8H,9H2,1-2H3,(H,22,26). The lowest BCUT2D eigenvalue weighted by atomic mass is 10.1. The number of aryl methyl sites for hydroxylation is 1. The average Bonchev–Trinajstić information content (AvgIpc) is 2.97. The van der Waals surface area contributed by atoms with E-state index >= 15 is 0 Å². The molecular formula is C18H15BrF2N4OS. The van der Waals surface area contributed by atoms with Crippen molar-refractivity contribution in [3.8, 4) is 11.4 Å². The van der Waals surface area contributed by atoms with Gasteiger partial charge < -0.3 is 9.88 Å². The molecule has 0 spiro atoms. The monoisotopic (exact) mass is 452 g/mol. The quantitative estimate of drug-likeness (QED) is 0.576. The number of amides is 1. The topological polar surface area (TPSA) is 59.8 Å². The first-order valence-corrected chi connectivity index (χ1v) is 9.67. The van der Waals surface area contributed by atoms with Crippen molar-refractivity contribution in [1.82, 2.24) is 14.8 Å². The van der Waals surface area contributed by atoms with Crippen LogP contribution in [-0.4, -0.2) is 26.4 Å². The van der Waals surface area contributed by atoms with Gasteiger partial charge in [-0.15, -0.1) is 10.2 Å². The van der Waals surface area contributed by atoms with Crippen molar-refractivity contribution >= 4 is 39.3 Å². The first-order valence-electron chi connectivity index (χ1n) is 7.89. The Labute approximate surface area is 167 Å². The van der Waals surface area contributed by atoms with Gasteiger partial charge in [0.2, 0.25) is 5.91 Å². The fourth-order valence-electron chi connectivity index (χ4n) is 2.47. The number of rotatable bonds is 5. The molecule has 1 aromatic heterocycles. The van der Waals surface area contributed by atoms with E-state index in [1.807, 2.05) is 38.2 Å². The molecule has 3 rings (SSSR count). The third-order valence-electron chi connectivity index (χ3n) is 3.82. The number of anilines is 1. The predicted octanol–water partition coefficient (Wildman–Crippen LogP) is 4.56. The third-order valence-corrected chi connectivity index (χ3v) is 5.47. The van der Waals surface area contributed by atoms with Crippen molar-refractivity contribution in [2.45, 2.75) is 12.1 Å². The number of halogens is 3. The van der Waals surface area contributed by atoms with Crippen molar-refractivity contribution in [2.75, 3.05) is 11.1 Å². The van der Waals surface area contributed by atoms with Gasteiger partial charge in [0.25, 0.3) is 0 Å². The highest BCUT2D eigenvalue weighted by atomic mass is 79.9. The second-order valence-electron chi connectivity index (χ2n) is 5.76. The Hall–Kier alpha value is -2.26. The molecule has 9 heteroatoms. The van der Waals surface area contributed by atoms with Crippen molar-refractivity contribution < 1.29 is 13.6 Å². The summed E-state index contributed by atoms with van der Waals surface area (Å²) in [4.78, 5) is 12.1. The fourth-order valence-corrected chi connectivity index (χ4v) is 3.68. The molecule has 1 N–H and O–H groups in total. The summed E-state index contributed by atoms with van der Waals surface area (Å²) in [6, 6.07) is 9.61. The number of carbonyl (C=O) groups excluding carboxylic acids is 1. The number of benzene rings is 2. The lowest BCUT2D eigenvalue weighted by molar-refractivity contribution is -0.113. The second-order valence-corrected chi connectivity index (χ2v) is 7.56. The van der Waals surface area contributed by atoms with Crippen LogP contribution in [0.2, 0.25) is 0 Å². The Morgan fingerprint density at radius 3 is 2.70 bits per heavy atom. The van der Waals surface area contributed by atoms with Gasteiger partial charge in [-0.1, -0.05) is 36.0 Å². The smallest absolute Gasteiger partial charge is 0.234 e. The number of thioether (sulfide) groups is 1. The molecule has 2 aromatic carbocycles. The van der Waals surface area contributed by atoms with Crippen LogP contribution in [0.1, 0.15) is 5.56 Å². The zero-order valence-corrected chi connectivity index (χ0v) is 16.9. The molecule has 0 aliphatic heterocycles. The van der Waals surface area contributed by atoms with E-state index in [9.17, 15) is 13.6 Å². The summed E-state index contributed by atoms with van der Waals surface area (Å²) in [5.41, 5.74) is 1.93. The number of aromatic nitrogens is 3. The Kier molecular flexibility index (Phi) is 5.91. The first kappa shape index (κ1) is 19.5. The Bertz CT molecular complexity index is 986. The molecule has 0 radical (unpaired) electrons. The van der Waals surface area contributed by atoms with Crippen LogP contribution in [0.25, 0.3) is 11.4 Å². The molecule has 0 saturated carbocycles. The summed E-state index contributed by atoms with van der Waals surface area (Å²) in [6.45, 7) is 1.99. The fraction of sp³-hybridized carbons (Fsp3) is 0.167. The Morgan fingerprint density at radius 1 is 1.26 bits per heavy atom. The molecule has 27 heavy (non-hydrogen) atoms. The van der Waals surface area contributed by atoms with Gasteiger partial charge in [-0.2, -0.15) is 0 Å². The zero-order chi connectivity index (χ0) is 19.6. The highest BCUT2D eigenvalue weighted by molar-refractivity contribution is 9.10. The van der Waals surface area contributed by atoms with E-state index in [1.165, 1.54) is 11.8 Å². The lowest BCUT2D eigenvalue weighted by Gasteiger charge is -2.09. The maximum absolute atomic E-state index is 13.8. The predicted molar refractivity (Wildman–Crippen MR) is 105 cm³/mol. The summed E-state index contributed by atoms with van der Waals surface area (Å²) >= 11 is 4.22. The average molecular weight is 453 g/mol. The van der Waals surface area contributed by atoms with Gasteiger partial charge in [0.1, 0.15) is 5.82 Å². The maximum Gasteiger partial charge on any atom is 0.234 e. The molecular weight excluding hydrogens is 438 g/mol. The van der Waals surface area contributed by atoms with Crippen molar-refractivity contribution in [3.05, 3.63) is 58.1 Å². The Balaban J connectivity index is 1.69. The SMILES string of the molecule is Cc1ccccc1-c1nnc(SCC(=O)Nc2c(F)cc(F)cc2Br)n1C. The normalized spacial score (nSPS) is 10.9. The van der Waals surface area contributed by atoms with Gasteiger partial charge in [0.05, 0.1) is 11.4 Å². The van der Waals surface area contributed by atoms with Crippen molar-refractivity contribution in [2.24, 2.45) is 7.05 Å². The highest BCUT2D eigenvalue weighted by Gasteiger charge is 2.16. The number of nitrogens with one attached hydrogen (secondary N) is 1. The zero-order valence-electron chi connectivity index (χ0n) is 14.5. The number of carbonyl (C=O) groups is 1. The van der Waals surface area contributed by atoms with Crippen LogP contribution in [-0.2, 0) is 11.8 Å². The van der Waals surface area contributed by atoms with E-state index in [-0.39, 0.29) is 15.9 Å². The van der Waals surface area contributed by atoms with Gasteiger partial charge in [-0.05, 0) is 34.5 Å². The third kappa shape index (κ3) is 4.36. The van der Waals surface area contributed by atoms with E-state index in [1.54, 1.807) is 4.57 Å². The van der Waals surface area contributed by atoms with E-state index in [0.717, 1.165) is 17.2 Å². The molecule has 0 saturated heterocycles. The summed E-state index contributed by atoms with van der Waals surface area (Å²) in [5, 5.41) is 11.3. The van der Waals surface area contributed by atoms with Gasteiger partial charge >= 0.3 is 0 Å². The number of hydrogen-bond donors (Lipinski definition) is 1. The van der Waals surface area contributed by atoms with Gasteiger partial charge in [0, 0.05) is 23.2 Å². The minimum Gasteiger partial charge on any atom is -0.322 e. The molecule has 3 aromatic rings. The second kappa shape index (κ2) is 8.18. The minimum absolute atomic E-state index is 0.00298. The van der Waals surface area contributed by atoms with E-state index in [2.05, 4.69) is 31.4 Å². The number of nitrogens with zero attached hydrogens (tertiary/aromatic N) is 3. The molecule has 0 bridgehead atoms. The lowest BCUT2D eigenvalue weighted by Crippen LogP contribution is -2.16. The molecule has 5 nitrogen and oxygen atoms in total. The highest BCUT2D eigenvalue weighted by Crippen LogP contribution is 2.28.